The fraction of sp³-hybridized carbons (Fsp3) is 0.750. The zero-order chi connectivity index (χ0) is 13.5. The van der Waals surface area contributed by atoms with E-state index in [1.165, 1.54) is 0 Å². The van der Waals surface area contributed by atoms with Crippen molar-refractivity contribution in [3.63, 3.8) is 0 Å². The molecule has 1 heterocycles. The Morgan fingerprint density at radius 2 is 2.22 bits per heavy atom. The van der Waals surface area contributed by atoms with Gasteiger partial charge in [0, 0.05) is 7.11 Å². The number of ether oxygens (including phenoxy) is 2. The Morgan fingerprint density at radius 1 is 1.50 bits per heavy atom. The van der Waals surface area contributed by atoms with E-state index < -0.39 is 0 Å². The molecule has 0 aliphatic heterocycles. The van der Waals surface area contributed by atoms with Gasteiger partial charge in [0.05, 0.1) is 48.3 Å². The minimum atomic E-state index is 0.112. The molecule has 0 radical (unpaired) electrons. The van der Waals surface area contributed by atoms with E-state index in [-0.39, 0.29) is 12.1 Å². The lowest BCUT2D eigenvalue weighted by atomic mass is 10.2. The fourth-order valence-electron chi connectivity index (χ4n) is 1.66. The summed E-state index contributed by atoms with van der Waals surface area (Å²) in [6.45, 7) is 6.05. The summed E-state index contributed by atoms with van der Waals surface area (Å²) >= 11 is 3.54. The lowest BCUT2D eigenvalue weighted by molar-refractivity contribution is 0.0604. The molecule has 1 atom stereocenters. The molecule has 0 aliphatic carbocycles. The third kappa shape index (κ3) is 4.35. The summed E-state index contributed by atoms with van der Waals surface area (Å²) in [5, 5.41) is 7.60. The molecule has 0 saturated heterocycles. The monoisotopic (exact) mass is 319 g/mol. The smallest absolute Gasteiger partial charge is 0.0738 e. The van der Waals surface area contributed by atoms with E-state index in [0.717, 1.165) is 16.7 Å². The largest absolute Gasteiger partial charge is 0.383 e. The van der Waals surface area contributed by atoms with Crippen molar-refractivity contribution in [3.05, 3.63) is 16.4 Å². The van der Waals surface area contributed by atoms with Gasteiger partial charge in [0.1, 0.15) is 0 Å². The number of nitrogens with zero attached hydrogens (tertiary/aromatic N) is 2. The van der Waals surface area contributed by atoms with Crippen molar-refractivity contribution >= 4 is 15.9 Å². The molecule has 1 aromatic rings. The molecule has 104 valence electrons. The summed E-state index contributed by atoms with van der Waals surface area (Å²) in [4.78, 5) is 0. The topological polar surface area (TPSA) is 48.3 Å². The van der Waals surface area contributed by atoms with Gasteiger partial charge in [-0.15, -0.1) is 0 Å². The Bertz CT molecular complexity index is 355. The summed E-state index contributed by atoms with van der Waals surface area (Å²) < 4.78 is 13.7. The molecule has 0 bridgehead atoms. The van der Waals surface area contributed by atoms with E-state index in [0.29, 0.717) is 13.2 Å². The summed E-state index contributed by atoms with van der Waals surface area (Å²) in [5.74, 6) is 0. The summed E-state index contributed by atoms with van der Waals surface area (Å²) in [5.41, 5.74) is 1.09. The molecule has 5 nitrogen and oxygen atoms in total. The van der Waals surface area contributed by atoms with Crippen LogP contribution in [0.1, 0.15) is 25.6 Å². The van der Waals surface area contributed by atoms with Crippen molar-refractivity contribution in [1.29, 1.82) is 0 Å². The average molecular weight is 320 g/mol. The lowest BCUT2D eigenvalue weighted by Gasteiger charge is -2.20. The van der Waals surface area contributed by atoms with Crippen molar-refractivity contribution < 1.29 is 9.47 Å². The number of rotatable bonds is 8. The third-order valence-electron chi connectivity index (χ3n) is 2.62. The van der Waals surface area contributed by atoms with E-state index >= 15 is 0 Å². The Kier molecular flexibility index (Phi) is 6.85. The van der Waals surface area contributed by atoms with Crippen LogP contribution in [0, 0.1) is 0 Å². The van der Waals surface area contributed by atoms with Crippen LogP contribution in [0.15, 0.2) is 10.7 Å². The van der Waals surface area contributed by atoms with Gasteiger partial charge in [-0.3, -0.25) is 4.68 Å². The molecule has 1 unspecified atom stereocenters. The molecule has 1 N–H and O–H groups in total. The Balaban J connectivity index is 2.79. The van der Waals surface area contributed by atoms with Crippen LogP contribution < -0.4 is 5.32 Å². The van der Waals surface area contributed by atoms with Gasteiger partial charge in [0.25, 0.3) is 0 Å². The van der Waals surface area contributed by atoms with Crippen molar-refractivity contribution in [2.24, 2.45) is 0 Å². The molecular formula is C12H22BrN3O2. The maximum Gasteiger partial charge on any atom is 0.0738 e. The standard InChI is InChI=1S/C12H22BrN3O2/c1-9(2)18-8-11(14-3)12-10(13)7-15-16(12)5-6-17-4/h7,9,11,14H,5-6,8H2,1-4H3. The molecule has 0 aromatic carbocycles. The van der Waals surface area contributed by atoms with Gasteiger partial charge in [-0.05, 0) is 36.8 Å². The molecule has 6 heteroatoms. The molecule has 1 aromatic heterocycles. The van der Waals surface area contributed by atoms with E-state index in [2.05, 4.69) is 26.3 Å². The van der Waals surface area contributed by atoms with Crippen molar-refractivity contribution in [1.82, 2.24) is 15.1 Å². The maximum atomic E-state index is 5.68. The van der Waals surface area contributed by atoms with Crippen LogP contribution in [0.2, 0.25) is 0 Å². The second-order valence-electron chi connectivity index (χ2n) is 4.32. The zero-order valence-corrected chi connectivity index (χ0v) is 13.0. The Morgan fingerprint density at radius 3 is 2.78 bits per heavy atom. The second kappa shape index (κ2) is 7.89. The predicted molar refractivity (Wildman–Crippen MR) is 74.7 cm³/mol. The Labute approximate surface area is 117 Å². The molecule has 0 amide bonds. The number of nitrogens with one attached hydrogen (secondary N) is 1. The van der Waals surface area contributed by atoms with Crippen LogP contribution >= 0.6 is 15.9 Å². The number of hydrogen-bond donors (Lipinski definition) is 1. The van der Waals surface area contributed by atoms with Gasteiger partial charge in [-0.25, -0.2) is 0 Å². The highest BCUT2D eigenvalue weighted by molar-refractivity contribution is 9.10. The zero-order valence-electron chi connectivity index (χ0n) is 11.4. The summed E-state index contributed by atoms with van der Waals surface area (Å²) in [6.07, 6.45) is 2.03. The van der Waals surface area contributed by atoms with Crippen LogP contribution in [0.5, 0.6) is 0 Å². The van der Waals surface area contributed by atoms with Crippen LogP contribution in [0.4, 0.5) is 0 Å². The van der Waals surface area contributed by atoms with Crippen LogP contribution in [-0.2, 0) is 16.0 Å². The Hall–Kier alpha value is -0.430. The van der Waals surface area contributed by atoms with Crippen LogP contribution in [0.3, 0.4) is 0 Å². The van der Waals surface area contributed by atoms with E-state index in [9.17, 15) is 0 Å². The van der Waals surface area contributed by atoms with Crippen molar-refractivity contribution in [2.45, 2.75) is 32.5 Å². The molecule has 0 spiro atoms. The SMILES string of the molecule is CNC(COC(C)C)c1c(Br)cnn1CCOC. The quantitative estimate of drug-likeness (QED) is 0.796. The molecule has 18 heavy (non-hydrogen) atoms. The molecule has 0 aliphatic rings. The van der Waals surface area contributed by atoms with E-state index in [4.69, 9.17) is 9.47 Å². The van der Waals surface area contributed by atoms with Gasteiger partial charge in [-0.1, -0.05) is 0 Å². The van der Waals surface area contributed by atoms with E-state index in [1.54, 1.807) is 7.11 Å². The lowest BCUT2D eigenvalue weighted by Crippen LogP contribution is -2.27. The minimum Gasteiger partial charge on any atom is -0.383 e. The summed E-state index contributed by atoms with van der Waals surface area (Å²) in [7, 11) is 3.62. The van der Waals surface area contributed by atoms with Crippen LogP contribution in [-0.4, -0.2) is 43.3 Å². The van der Waals surface area contributed by atoms with Crippen molar-refractivity contribution in [3.8, 4) is 0 Å². The van der Waals surface area contributed by atoms with Crippen molar-refractivity contribution in [2.75, 3.05) is 27.4 Å². The first-order valence-corrected chi connectivity index (χ1v) is 6.88. The molecular weight excluding hydrogens is 298 g/mol. The van der Waals surface area contributed by atoms with Gasteiger partial charge in [0.2, 0.25) is 0 Å². The maximum absolute atomic E-state index is 5.68. The van der Waals surface area contributed by atoms with E-state index in [1.807, 2.05) is 31.8 Å². The molecule has 0 fully saturated rings. The van der Waals surface area contributed by atoms with Crippen LogP contribution in [0.25, 0.3) is 0 Å². The third-order valence-corrected chi connectivity index (χ3v) is 3.23. The molecule has 0 saturated carbocycles. The molecule has 1 rings (SSSR count). The first kappa shape index (κ1) is 15.6. The minimum absolute atomic E-state index is 0.112. The predicted octanol–water partition coefficient (Wildman–Crippen LogP) is 1.98. The highest BCUT2D eigenvalue weighted by Gasteiger charge is 2.19. The average Bonchev–Trinajstić information content (AvgIpc) is 2.69. The number of hydrogen-bond acceptors (Lipinski definition) is 4. The number of aromatic nitrogens is 2. The highest BCUT2D eigenvalue weighted by Crippen LogP contribution is 2.23. The summed E-state index contributed by atoms with van der Waals surface area (Å²) in [6, 6.07) is 0.112. The number of likely N-dealkylation sites (N-methyl/N-ethyl adjacent to an activating group) is 1. The number of methoxy groups -OCH3 is 1. The highest BCUT2D eigenvalue weighted by atomic mass is 79.9. The van der Waals surface area contributed by atoms with Gasteiger partial charge in [-0.2, -0.15) is 5.10 Å². The van der Waals surface area contributed by atoms with Gasteiger partial charge >= 0.3 is 0 Å². The van der Waals surface area contributed by atoms with Gasteiger partial charge < -0.3 is 14.8 Å². The van der Waals surface area contributed by atoms with Gasteiger partial charge in [0.15, 0.2) is 0 Å². The normalized spacial score (nSPS) is 13.2. The fourth-order valence-corrected chi connectivity index (χ4v) is 2.23. The number of halogens is 1. The first-order chi connectivity index (χ1) is 8.60. The second-order valence-corrected chi connectivity index (χ2v) is 5.17. The first-order valence-electron chi connectivity index (χ1n) is 6.09.